The van der Waals surface area contributed by atoms with E-state index in [4.69, 9.17) is 9.97 Å². The third-order valence-electron chi connectivity index (χ3n) is 9.74. The Kier molecular flexibility index (Phi) is 4.72. The Bertz CT molecular complexity index is 2930. The largest absolute Gasteiger partial charge is 0.277 e. The monoisotopic (exact) mass is 601 g/mol. The standard InChI is InChI=1S/C42H23N3S/c1-2-11-26-25(10-1)29-15-9-16-31-39(29)33(26)23-34-27-12-4-7-18-36(27)45(41(31)34)42-43-35-17-6-3-14-30(35)40(44-42)24-20-21-38-32(22-24)28-13-5-8-19-37(28)46-38/h1-23H. The maximum Gasteiger partial charge on any atom is 0.235 e. The van der Waals surface area contributed by atoms with E-state index in [0.717, 1.165) is 33.2 Å². The number of nitrogens with zero attached hydrogens (tertiary/aromatic N) is 3. The summed E-state index contributed by atoms with van der Waals surface area (Å²) >= 11 is 1.84. The van der Waals surface area contributed by atoms with Crippen LogP contribution in [0.4, 0.5) is 0 Å². The Balaban J connectivity index is 1.26. The fourth-order valence-corrected chi connectivity index (χ4v) is 8.87. The second-order valence-corrected chi connectivity index (χ2v) is 13.2. The summed E-state index contributed by atoms with van der Waals surface area (Å²) in [5.74, 6) is 0.686. The second-order valence-electron chi connectivity index (χ2n) is 12.1. The van der Waals surface area contributed by atoms with E-state index in [-0.39, 0.29) is 0 Å². The summed E-state index contributed by atoms with van der Waals surface area (Å²) < 4.78 is 4.89. The highest BCUT2D eigenvalue weighted by atomic mass is 32.1. The molecule has 0 amide bonds. The van der Waals surface area contributed by atoms with Crippen molar-refractivity contribution in [2.45, 2.75) is 0 Å². The van der Waals surface area contributed by atoms with Crippen LogP contribution >= 0.6 is 11.3 Å². The molecular weight excluding hydrogens is 579 g/mol. The zero-order valence-electron chi connectivity index (χ0n) is 24.5. The molecule has 0 spiro atoms. The lowest BCUT2D eigenvalue weighted by molar-refractivity contribution is 1.02. The normalized spacial score (nSPS) is 12.3. The lowest BCUT2D eigenvalue weighted by Gasteiger charge is -2.13. The molecule has 0 saturated carbocycles. The van der Waals surface area contributed by atoms with Gasteiger partial charge in [0.25, 0.3) is 0 Å². The van der Waals surface area contributed by atoms with Crippen LogP contribution in [0.5, 0.6) is 0 Å². The second kappa shape index (κ2) is 8.87. The quantitative estimate of drug-likeness (QED) is 0.197. The number of fused-ring (bicyclic) bond motifs is 11. The van der Waals surface area contributed by atoms with E-state index < -0.39 is 0 Å². The van der Waals surface area contributed by atoms with E-state index in [1.54, 1.807) is 0 Å². The Morgan fingerprint density at radius 1 is 0.457 bits per heavy atom. The number of aromatic nitrogens is 3. The third-order valence-corrected chi connectivity index (χ3v) is 10.9. The molecule has 4 heteroatoms. The van der Waals surface area contributed by atoms with E-state index in [0.29, 0.717) is 5.95 Å². The number of hydrogen-bond donors (Lipinski definition) is 0. The number of benzene rings is 7. The lowest BCUT2D eigenvalue weighted by Crippen LogP contribution is -2.03. The summed E-state index contributed by atoms with van der Waals surface area (Å²) in [5.41, 5.74) is 10.4. The molecule has 1 aliphatic carbocycles. The summed E-state index contributed by atoms with van der Waals surface area (Å²) in [7, 11) is 0. The molecule has 0 atom stereocenters. The van der Waals surface area contributed by atoms with E-state index >= 15 is 0 Å². The van der Waals surface area contributed by atoms with Gasteiger partial charge in [0.05, 0.1) is 22.2 Å². The van der Waals surface area contributed by atoms with E-state index in [9.17, 15) is 0 Å². The maximum absolute atomic E-state index is 5.45. The molecule has 0 aliphatic heterocycles. The van der Waals surface area contributed by atoms with E-state index in [1.807, 2.05) is 11.3 Å². The van der Waals surface area contributed by atoms with Gasteiger partial charge in [-0.15, -0.1) is 11.3 Å². The molecule has 46 heavy (non-hydrogen) atoms. The SMILES string of the molecule is c1ccc2c(c1)-c1cccc3c1c-2cc1c2ccccc2n(-c2nc(-c4ccc5sc6ccccc6c5c4)c4ccccc4n2)c31. The topological polar surface area (TPSA) is 30.7 Å². The van der Waals surface area contributed by atoms with Crippen molar-refractivity contribution in [2.24, 2.45) is 0 Å². The molecule has 3 aromatic heterocycles. The first kappa shape index (κ1) is 24.5. The van der Waals surface area contributed by atoms with Gasteiger partial charge in [-0.1, -0.05) is 103 Å². The van der Waals surface area contributed by atoms with Crippen molar-refractivity contribution in [1.29, 1.82) is 0 Å². The van der Waals surface area contributed by atoms with Crippen LogP contribution in [0.25, 0.3) is 103 Å². The van der Waals surface area contributed by atoms with Gasteiger partial charge in [0.15, 0.2) is 0 Å². The van der Waals surface area contributed by atoms with Crippen LogP contribution in [-0.2, 0) is 0 Å². The molecule has 0 fully saturated rings. The van der Waals surface area contributed by atoms with Gasteiger partial charge < -0.3 is 0 Å². The summed E-state index contributed by atoms with van der Waals surface area (Å²) in [5, 5.41) is 8.55. The number of rotatable bonds is 2. The summed E-state index contributed by atoms with van der Waals surface area (Å²) in [6.45, 7) is 0. The molecule has 0 saturated heterocycles. The predicted molar refractivity (Wildman–Crippen MR) is 194 cm³/mol. The minimum atomic E-state index is 0.686. The van der Waals surface area contributed by atoms with Gasteiger partial charge in [-0.05, 0) is 64.0 Å². The van der Waals surface area contributed by atoms with Crippen LogP contribution in [-0.4, -0.2) is 14.5 Å². The van der Waals surface area contributed by atoms with Gasteiger partial charge >= 0.3 is 0 Å². The molecule has 0 unspecified atom stereocenters. The summed E-state index contributed by atoms with van der Waals surface area (Å²) in [6.07, 6.45) is 0. The molecule has 0 bridgehead atoms. The van der Waals surface area contributed by atoms with Crippen molar-refractivity contribution in [3.63, 3.8) is 0 Å². The number of para-hydroxylation sites is 2. The zero-order chi connectivity index (χ0) is 29.9. The zero-order valence-corrected chi connectivity index (χ0v) is 25.3. The number of hydrogen-bond acceptors (Lipinski definition) is 3. The highest BCUT2D eigenvalue weighted by Gasteiger charge is 2.26. The Hall–Kier alpha value is -5.84. The van der Waals surface area contributed by atoms with E-state index in [1.165, 1.54) is 64.0 Å². The van der Waals surface area contributed by atoms with Gasteiger partial charge in [0, 0.05) is 47.3 Å². The lowest BCUT2D eigenvalue weighted by atomic mass is 9.99. The molecule has 3 nitrogen and oxygen atoms in total. The molecule has 3 heterocycles. The molecule has 10 aromatic rings. The first-order valence-corrected chi connectivity index (χ1v) is 16.4. The molecule has 212 valence electrons. The maximum atomic E-state index is 5.45. The van der Waals surface area contributed by atoms with Gasteiger partial charge in [-0.2, -0.15) is 0 Å². The van der Waals surface area contributed by atoms with Crippen molar-refractivity contribution in [3.05, 3.63) is 140 Å². The summed E-state index contributed by atoms with van der Waals surface area (Å²) in [6, 6.07) is 50.4. The first-order chi connectivity index (χ1) is 22.8. The van der Waals surface area contributed by atoms with E-state index in [2.05, 4.69) is 144 Å². The molecule has 7 aromatic carbocycles. The van der Waals surface area contributed by atoms with Crippen LogP contribution in [0.3, 0.4) is 0 Å². The minimum absolute atomic E-state index is 0.686. The third kappa shape index (κ3) is 3.16. The van der Waals surface area contributed by atoms with Gasteiger partial charge in [0.2, 0.25) is 5.95 Å². The molecule has 0 N–H and O–H groups in total. The van der Waals surface area contributed by atoms with Crippen LogP contribution in [0.1, 0.15) is 0 Å². The minimum Gasteiger partial charge on any atom is -0.277 e. The average molecular weight is 602 g/mol. The highest BCUT2D eigenvalue weighted by molar-refractivity contribution is 7.25. The highest BCUT2D eigenvalue weighted by Crippen LogP contribution is 2.51. The molecule has 11 rings (SSSR count). The molecule has 1 aliphatic rings. The fraction of sp³-hybridized carbons (Fsp3) is 0. The predicted octanol–water partition coefficient (Wildman–Crippen LogP) is 11.6. The Morgan fingerprint density at radius 2 is 1.15 bits per heavy atom. The smallest absolute Gasteiger partial charge is 0.235 e. The van der Waals surface area contributed by atoms with Gasteiger partial charge in [-0.3, -0.25) is 4.57 Å². The summed E-state index contributed by atoms with van der Waals surface area (Å²) in [4.78, 5) is 10.7. The van der Waals surface area contributed by atoms with Gasteiger partial charge in [0.1, 0.15) is 0 Å². The van der Waals surface area contributed by atoms with Crippen LogP contribution in [0, 0.1) is 0 Å². The Labute approximate surface area is 267 Å². The average Bonchev–Trinajstić information content (AvgIpc) is 3.77. The molecule has 0 radical (unpaired) electrons. The van der Waals surface area contributed by atoms with Crippen molar-refractivity contribution < 1.29 is 0 Å². The van der Waals surface area contributed by atoms with Crippen molar-refractivity contribution >= 4 is 75.0 Å². The number of thiophene rings is 1. The van der Waals surface area contributed by atoms with Crippen molar-refractivity contribution in [1.82, 2.24) is 14.5 Å². The first-order valence-electron chi connectivity index (χ1n) is 15.6. The van der Waals surface area contributed by atoms with Gasteiger partial charge in [-0.25, -0.2) is 9.97 Å². The van der Waals surface area contributed by atoms with Crippen LogP contribution in [0.15, 0.2) is 140 Å². The fourth-order valence-electron chi connectivity index (χ4n) is 7.79. The van der Waals surface area contributed by atoms with Crippen LogP contribution in [0.2, 0.25) is 0 Å². The molecular formula is C42H23N3S. The van der Waals surface area contributed by atoms with Crippen molar-refractivity contribution in [3.8, 4) is 39.5 Å². The van der Waals surface area contributed by atoms with Crippen molar-refractivity contribution in [2.75, 3.05) is 0 Å². The Morgan fingerprint density at radius 3 is 2.07 bits per heavy atom. The van der Waals surface area contributed by atoms with Crippen LogP contribution < -0.4 is 0 Å².